The number of carboxylic acid groups (broad SMARTS) is 1. The molecule has 140 valence electrons. The minimum absolute atomic E-state index is 0. The van der Waals surface area contributed by atoms with Crippen molar-refractivity contribution in [2.75, 3.05) is 6.54 Å². The van der Waals surface area contributed by atoms with Gasteiger partial charge in [-0.3, -0.25) is 4.79 Å². The summed E-state index contributed by atoms with van der Waals surface area (Å²) >= 11 is 0. The average Bonchev–Trinajstić information content (AvgIpc) is 2.55. The van der Waals surface area contributed by atoms with Gasteiger partial charge in [0.15, 0.2) is 0 Å². The summed E-state index contributed by atoms with van der Waals surface area (Å²) in [6.45, 7) is 0.223. The molecule has 2 N–H and O–H groups in total. The van der Waals surface area contributed by atoms with Crippen LogP contribution in [0, 0.1) is 11.3 Å². The first kappa shape index (κ1) is 29.3. The predicted molar refractivity (Wildman–Crippen MR) is 86.1 cm³/mol. The summed E-state index contributed by atoms with van der Waals surface area (Å²) < 4.78 is 33.1. The summed E-state index contributed by atoms with van der Waals surface area (Å²) in [6.07, 6.45) is 2.50. The summed E-state index contributed by atoms with van der Waals surface area (Å²) in [5, 5.41) is 31.2. The van der Waals surface area contributed by atoms with Crippen molar-refractivity contribution in [2.45, 2.75) is 30.6 Å². The van der Waals surface area contributed by atoms with Gasteiger partial charge in [-0.15, -0.1) is 0 Å². The summed E-state index contributed by atoms with van der Waals surface area (Å²) in [7, 11) is -4.91. The van der Waals surface area contributed by atoms with E-state index in [9.17, 15) is 32.8 Å². The van der Waals surface area contributed by atoms with Crippen LogP contribution in [0.4, 0.5) is 0 Å². The summed E-state index contributed by atoms with van der Waals surface area (Å²) in [4.78, 5) is 21.3. The molecule has 0 atom stereocenters. The van der Waals surface area contributed by atoms with E-state index < -0.39 is 32.6 Å². The van der Waals surface area contributed by atoms with Crippen molar-refractivity contribution in [2.24, 2.45) is 0 Å². The van der Waals surface area contributed by atoms with E-state index in [0.717, 1.165) is 18.2 Å². The minimum Gasteiger partial charge on any atom is -0.744 e. The number of aliphatic carboxylic acids is 1. The Labute approximate surface area is 207 Å². The Morgan fingerprint density at radius 2 is 1.86 bits per heavy atom. The summed E-state index contributed by atoms with van der Waals surface area (Å²) in [5.74, 6) is -2.57. The Bertz CT molecular complexity index is 864. The van der Waals surface area contributed by atoms with Crippen LogP contribution in [0.3, 0.4) is 0 Å². The smallest absolute Gasteiger partial charge is 0.744 e. The van der Waals surface area contributed by atoms with Crippen LogP contribution < -0.4 is 69.5 Å². The summed E-state index contributed by atoms with van der Waals surface area (Å²) in [5.41, 5.74) is -0.238. The standard InChI is InChI=1S/C16H18N2O7S.2Na/c17-10-12(16(22)18-7-3-1-2-4-15(20)21)8-11-5-6-13(19)14(9-11)26(23,24)25;;/h5-6,8-9,19H,1-4,7H2,(H,18,22)(H,20,21)(H,23,24,25);;/q;2*+1/p-2. The number of phenols is 1. The average molecular weight is 426 g/mol. The zero-order valence-electron chi connectivity index (χ0n) is 15.6. The van der Waals surface area contributed by atoms with E-state index >= 15 is 0 Å². The third kappa shape index (κ3) is 10.6. The van der Waals surface area contributed by atoms with Crippen LogP contribution in [0.1, 0.15) is 31.2 Å². The SMILES string of the molecule is N#CC(=Cc1ccc(O)c(S(=O)(=O)[O-])c1)C(=O)NCCCCCC(=O)[O-].[Na+].[Na+]. The van der Waals surface area contributed by atoms with Crippen molar-refractivity contribution in [3.05, 3.63) is 29.3 Å². The maximum Gasteiger partial charge on any atom is 1.00 e. The van der Waals surface area contributed by atoms with E-state index in [0.29, 0.717) is 19.3 Å². The van der Waals surface area contributed by atoms with Crippen molar-refractivity contribution in [1.82, 2.24) is 5.32 Å². The van der Waals surface area contributed by atoms with Gasteiger partial charge in [0.1, 0.15) is 27.5 Å². The Hall–Kier alpha value is -0.900. The van der Waals surface area contributed by atoms with Gasteiger partial charge in [0, 0.05) is 12.5 Å². The number of rotatable bonds is 9. The number of carbonyl (C=O) groups is 2. The molecule has 0 bridgehead atoms. The molecular weight excluding hydrogens is 410 g/mol. The number of nitrogens with one attached hydrogen (secondary N) is 1. The van der Waals surface area contributed by atoms with Gasteiger partial charge in [-0.2, -0.15) is 5.26 Å². The molecule has 0 spiro atoms. The van der Waals surface area contributed by atoms with Crippen LogP contribution in [0.5, 0.6) is 5.75 Å². The second-order valence-electron chi connectivity index (χ2n) is 5.29. The van der Waals surface area contributed by atoms with Crippen LogP contribution in [-0.4, -0.2) is 36.5 Å². The fourth-order valence-electron chi connectivity index (χ4n) is 2.00. The van der Waals surface area contributed by atoms with Gasteiger partial charge in [-0.25, -0.2) is 8.42 Å². The van der Waals surface area contributed by atoms with Crippen LogP contribution in [-0.2, 0) is 19.7 Å². The maximum atomic E-state index is 11.9. The van der Waals surface area contributed by atoms with E-state index in [-0.39, 0.29) is 83.2 Å². The number of nitriles is 1. The number of phenolic OH excluding ortho intramolecular Hbond substituents is 1. The number of benzene rings is 1. The maximum absolute atomic E-state index is 11.9. The molecule has 0 aliphatic rings. The molecule has 12 heteroatoms. The van der Waals surface area contributed by atoms with Gasteiger partial charge < -0.3 is 24.9 Å². The molecule has 0 saturated heterocycles. The van der Waals surface area contributed by atoms with E-state index in [1.165, 1.54) is 6.07 Å². The zero-order valence-corrected chi connectivity index (χ0v) is 20.4. The Balaban J connectivity index is 0. The predicted octanol–water partition coefficient (Wildman–Crippen LogP) is -6.36. The quantitative estimate of drug-likeness (QED) is 0.129. The van der Waals surface area contributed by atoms with Crippen molar-refractivity contribution in [1.29, 1.82) is 5.26 Å². The number of carboxylic acids is 1. The van der Waals surface area contributed by atoms with Gasteiger partial charge in [-0.05, 0) is 43.0 Å². The van der Waals surface area contributed by atoms with Crippen LogP contribution in [0.15, 0.2) is 28.7 Å². The monoisotopic (exact) mass is 426 g/mol. The second-order valence-corrected chi connectivity index (χ2v) is 6.64. The van der Waals surface area contributed by atoms with Crippen molar-refractivity contribution < 1.29 is 91.9 Å². The minimum atomic E-state index is -4.91. The molecule has 28 heavy (non-hydrogen) atoms. The Morgan fingerprint density at radius 3 is 2.39 bits per heavy atom. The molecule has 1 aromatic carbocycles. The van der Waals surface area contributed by atoms with E-state index in [1.54, 1.807) is 6.07 Å². The molecule has 0 saturated carbocycles. The summed E-state index contributed by atoms with van der Waals surface area (Å²) in [6, 6.07) is 4.74. The van der Waals surface area contributed by atoms with E-state index in [4.69, 9.17) is 5.26 Å². The fraction of sp³-hybridized carbons (Fsp3) is 0.312. The first-order chi connectivity index (χ1) is 12.1. The molecule has 1 rings (SSSR count). The van der Waals surface area contributed by atoms with Gasteiger partial charge in [0.05, 0.1) is 4.90 Å². The second kappa shape index (κ2) is 14.1. The largest absolute Gasteiger partial charge is 1.00 e. The molecule has 1 amide bonds. The van der Waals surface area contributed by atoms with E-state index in [2.05, 4.69) is 5.32 Å². The van der Waals surface area contributed by atoms with Crippen molar-refractivity contribution in [3.8, 4) is 11.8 Å². The number of amides is 1. The third-order valence-electron chi connectivity index (χ3n) is 3.27. The number of hydrogen-bond donors (Lipinski definition) is 2. The van der Waals surface area contributed by atoms with Crippen LogP contribution in [0.2, 0.25) is 0 Å². The first-order valence-corrected chi connectivity index (χ1v) is 8.94. The number of unbranched alkanes of at least 4 members (excludes halogenated alkanes) is 2. The van der Waals surface area contributed by atoms with Gasteiger partial charge >= 0.3 is 59.1 Å². The number of carbonyl (C=O) groups excluding carboxylic acids is 2. The molecule has 0 unspecified atom stereocenters. The normalized spacial score (nSPS) is 10.8. The Kier molecular flexibility index (Phi) is 14.8. The third-order valence-corrected chi connectivity index (χ3v) is 4.14. The fourth-order valence-corrected chi connectivity index (χ4v) is 2.61. The molecular formula is C16H16N2Na2O7S. The molecule has 0 aromatic heterocycles. The van der Waals surface area contributed by atoms with E-state index in [1.807, 2.05) is 0 Å². The van der Waals surface area contributed by atoms with Gasteiger partial charge in [-0.1, -0.05) is 12.5 Å². The number of aromatic hydroxyl groups is 1. The molecule has 0 fully saturated rings. The molecule has 1 aromatic rings. The zero-order chi connectivity index (χ0) is 19.7. The molecule has 0 heterocycles. The number of hydrogen-bond acceptors (Lipinski definition) is 8. The van der Waals surface area contributed by atoms with Crippen molar-refractivity contribution >= 4 is 28.1 Å². The molecule has 9 nitrogen and oxygen atoms in total. The topological polar surface area (TPSA) is 170 Å². The van der Waals surface area contributed by atoms with Crippen LogP contribution in [0.25, 0.3) is 6.08 Å². The van der Waals surface area contributed by atoms with Gasteiger partial charge in [0.25, 0.3) is 5.91 Å². The molecule has 0 radical (unpaired) electrons. The van der Waals surface area contributed by atoms with Crippen molar-refractivity contribution in [3.63, 3.8) is 0 Å². The first-order valence-electron chi connectivity index (χ1n) is 7.54. The Morgan fingerprint density at radius 1 is 1.21 bits per heavy atom. The number of nitrogens with zero attached hydrogens (tertiary/aromatic N) is 1. The van der Waals surface area contributed by atoms with Crippen LogP contribution >= 0.6 is 0 Å². The van der Waals surface area contributed by atoms with Gasteiger partial charge in [0.2, 0.25) is 0 Å². The molecule has 0 aliphatic carbocycles. The molecule has 0 aliphatic heterocycles.